The summed E-state index contributed by atoms with van der Waals surface area (Å²) in [6.45, 7) is -0.318. The molecule has 0 bridgehead atoms. The lowest BCUT2D eigenvalue weighted by Crippen LogP contribution is -2.20. The Hall–Kier alpha value is -2.57. The molecular weight excluding hydrogens is 354 g/mol. The predicted octanol–water partition coefficient (Wildman–Crippen LogP) is 4.69. The highest BCUT2D eigenvalue weighted by Gasteiger charge is 2.12. The van der Waals surface area contributed by atoms with E-state index >= 15 is 0 Å². The van der Waals surface area contributed by atoms with Gasteiger partial charge in [-0.25, -0.2) is 4.79 Å². The first-order valence-electron chi connectivity index (χ1n) is 7.55. The number of anilines is 1. The first-order chi connectivity index (χ1) is 12.2. The van der Waals surface area contributed by atoms with Crippen molar-refractivity contribution >= 4 is 40.7 Å². The standard InChI is InChI=1S/C19H15NO3S2/c21-18(13-23-19(22)17-11-6-12-24-17)20-15-9-4-5-10-16(15)25-14-7-2-1-3-8-14/h1-12H,13H2,(H,20,21). The van der Waals surface area contributed by atoms with Gasteiger partial charge < -0.3 is 10.1 Å². The molecule has 3 rings (SSSR count). The Morgan fingerprint density at radius 3 is 2.48 bits per heavy atom. The van der Waals surface area contributed by atoms with Crippen LogP contribution < -0.4 is 5.32 Å². The summed E-state index contributed by atoms with van der Waals surface area (Å²) in [6, 6.07) is 20.9. The highest BCUT2D eigenvalue weighted by atomic mass is 32.2. The Morgan fingerprint density at radius 2 is 1.72 bits per heavy atom. The van der Waals surface area contributed by atoms with Gasteiger partial charge in [0, 0.05) is 9.79 Å². The van der Waals surface area contributed by atoms with Crippen molar-refractivity contribution in [3.05, 3.63) is 77.0 Å². The van der Waals surface area contributed by atoms with E-state index in [2.05, 4.69) is 5.32 Å². The number of para-hydroxylation sites is 1. The van der Waals surface area contributed by atoms with Crippen molar-refractivity contribution in [3.8, 4) is 0 Å². The molecular formula is C19H15NO3S2. The van der Waals surface area contributed by atoms with E-state index in [4.69, 9.17) is 4.74 Å². The van der Waals surface area contributed by atoms with Gasteiger partial charge in [-0.05, 0) is 35.7 Å². The van der Waals surface area contributed by atoms with Crippen LogP contribution in [0.3, 0.4) is 0 Å². The number of carbonyl (C=O) groups is 2. The number of ether oxygens (including phenoxy) is 1. The van der Waals surface area contributed by atoms with Gasteiger partial charge >= 0.3 is 5.97 Å². The van der Waals surface area contributed by atoms with Crippen LogP contribution >= 0.6 is 23.1 Å². The fourth-order valence-electron chi connectivity index (χ4n) is 2.06. The molecule has 0 saturated carbocycles. The van der Waals surface area contributed by atoms with E-state index in [1.165, 1.54) is 11.3 Å². The van der Waals surface area contributed by atoms with Crippen LogP contribution in [0, 0.1) is 0 Å². The van der Waals surface area contributed by atoms with Crippen LogP contribution in [0.2, 0.25) is 0 Å². The smallest absolute Gasteiger partial charge is 0.348 e. The van der Waals surface area contributed by atoms with Gasteiger partial charge in [-0.3, -0.25) is 4.79 Å². The number of amides is 1. The number of thiophene rings is 1. The fourth-order valence-corrected chi connectivity index (χ4v) is 3.60. The molecule has 126 valence electrons. The van der Waals surface area contributed by atoms with Crippen LogP contribution in [0.15, 0.2) is 81.9 Å². The number of carbonyl (C=O) groups excluding carboxylic acids is 2. The van der Waals surface area contributed by atoms with Gasteiger partial charge in [0.2, 0.25) is 0 Å². The monoisotopic (exact) mass is 369 g/mol. The minimum atomic E-state index is -0.489. The van der Waals surface area contributed by atoms with Crippen molar-refractivity contribution in [1.82, 2.24) is 0 Å². The molecule has 1 amide bonds. The molecule has 25 heavy (non-hydrogen) atoms. The number of esters is 1. The van der Waals surface area contributed by atoms with Crippen LogP contribution in [0.4, 0.5) is 5.69 Å². The van der Waals surface area contributed by atoms with E-state index in [1.807, 2.05) is 54.6 Å². The molecule has 0 spiro atoms. The second-order valence-corrected chi connectivity index (χ2v) is 7.08. The van der Waals surface area contributed by atoms with Crippen molar-refractivity contribution in [2.24, 2.45) is 0 Å². The number of benzene rings is 2. The van der Waals surface area contributed by atoms with Crippen molar-refractivity contribution in [1.29, 1.82) is 0 Å². The molecule has 0 radical (unpaired) electrons. The van der Waals surface area contributed by atoms with Crippen molar-refractivity contribution in [2.75, 3.05) is 11.9 Å². The molecule has 4 nitrogen and oxygen atoms in total. The molecule has 0 aliphatic rings. The third-order valence-electron chi connectivity index (χ3n) is 3.19. The van der Waals surface area contributed by atoms with Crippen LogP contribution in [0.5, 0.6) is 0 Å². The summed E-state index contributed by atoms with van der Waals surface area (Å²) >= 11 is 2.84. The molecule has 0 fully saturated rings. The largest absolute Gasteiger partial charge is 0.451 e. The second-order valence-electron chi connectivity index (χ2n) is 5.01. The first-order valence-corrected chi connectivity index (χ1v) is 9.24. The molecule has 2 aromatic carbocycles. The molecule has 3 aromatic rings. The molecule has 1 N–H and O–H groups in total. The molecule has 1 aromatic heterocycles. The zero-order valence-corrected chi connectivity index (χ0v) is 14.8. The van der Waals surface area contributed by atoms with E-state index < -0.39 is 5.97 Å². The average Bonchev–Trinajstić information content (AvgIpc) is 3.17. The third kappa shape index (κ3) is 4.95. The predicted molar refractivity (Wildman–Crippen MR) is 100 cm³/mol. The van der Waals surface area contributed by atoms with E-state index in [0.717, 1.165) is 9.79 Å². The van der Waals surface area contributed by atoms with Gasteiger partial charge in [0.05, 0.1) is 5.69 Å². The van der Waals surface area contributed by atoms with Gasteiger partial charge in [0.15, 0.2) is 6.61 Å². The third-order valence-corrected chi connectivity index (χ3v) is 5.12. The van der Waals surface area contributed by atoms with Gasteiger partial charge in [0.1, 0.15) is 4.88 Å². The van der Waals surface area contributed by atoms with Gasteiger partial charge in [-0.1, -0.05) is 48.2 Å². The fraction of sp³-hybridized carbons (Fsp3) is 0.0526. The van der Waals surface area contributed by atoms with E-state index in [1.54, 1.807) is 29.3 Å². The maximum Gasteiger partial charge on any atom is 0.348 e. The first kappa shape index (κ1) is 17.3. The molecule has 1 heterocycles. The second kappa shape index (κ2) is 8.50. The molecule has 0 aliphatic heterocycles. The van der Waals surface area contributed by atoms with Crippen LogP contribution in [0.25, 0.3) is 0 Å². The summed E-state index contributed by atoms with van der Waals surface area (Å²) in [5.74, 6) is -0.858. The summed E-state index contributed by atoms with van der Waals surface area (Å²) < 4.78 is 5.03. The highest BCUT2D eigenvalue weighted by molar-refractivity contribution is 7.99. The molecule has 0 aliphatic carbocycles. The van der Waals surface area contributed by atoms with Crippen molar-refractivity contribution in [3.63, 3.8) is 0 Å². The maximum atomic E-state index is 12.1. The number of hydrogen-bond acceptors (Lipinski definition) is 5. The number of rotatable bonds is 6. The minimum absolute atomic E-state index is 0.318. The lowest BCUT2D eigenvalue weighted by Gasteiger charge is -2.11. The average molecular weight is 369 g/mol. The van der Waals surface area contributed by atoms with Crippen LogP contribution in [-0.2, 0) is 9.53 Å². The molecule has 0 unspecified atom stereocenters. The van der Waals surface area contributed by atoms with Crippen LogP contribution in [-0.4, -0.2) is 18.5 Å². The topological polar surface area (TPSA) is 55.4 Å². The lowest BCUT2D eigenvalue weighted by atomic mass is 10.3. The van der Waals surface area contributed by atoms with E-state index in [-0.39, 0.29) is 12.5 Å². The van der Waals surface area contributed by atoms with E-state index in [0.29, 0.717) is 10.6 Å². The molecule has 6 heteroatoms. The normalized spacial score (nSPS) is 10.2. The summed E-state index contributed by atoms with van der Waals surface area (Å²) in [6.07, 6.45) is 0. The SMILES string of the molecule is O=C(COC(=O)c1cccs1)Nc1ccccc1Sc1ccccc1. The minimum Gasteiger partial charge on any atom is -0.451 e. The summed E-state index contributed by atoms with van der Waals surface area (Å²) in [5, 5.41) is 4.58. The Labute approximate surface area is 153 Å². The van der Waals surface area contributed by atoms with E-state index in [9.17, 15) is 9.59 Å². The Morgan fingerprint density at radius 1 is 0.960 bits per heavy atom. The lowest BCUT2D eigenvalue weighted by molar-refractivity contribution is -0.119. The number of hydrogen-bond donors (Lipinski definition) is 1. The zero-order chi connectivity index (χ0) is 17.5. The van der Waals surface area contributed by atoms with Crippen LogP contribution in [0.1, 0.15) is 9.67 Å². The van der Waals surface area contributed by atoms with Crippen molar-refractivity contribution < 1.29 is 14.3 Å². The Balaban J connectivity index is 1.60. The summed E-state index contributed by atoms with van der Waals surface area (Å²) in [5.41, 5.74) is 0.688. The Kier molecular flexibility index (Phi) is 5.87. The maximum absolute atomic E-state index is 12.1. The van der Waals surface area contributed by atoms with Gasteiger partial charge in [0.25, 0.3) is 5.91 Å². The Bertz CT molecular complexity index is 848. The summed E-state index contributed by atoms with van der Waals surface area (Å²) in [4.78, 5) is 26.4. The van der Waals surface area contributed by atoms with Crippen molar-refractivity contribution in [2.45, 2.75) is 9.79 Å². The molecule has 0 atom stereocenters. The van der Waals surface area contributed by atoms with Gasteiger partial charge in [-0.15, -0.1) is 11.3 Å². The summed E-state index contributed by atoms with van der Waals surface area (Å²) in [7, 11) is 0. The quantitative estimate of drug-likeness (QED) is 0.640. The van der Waals surface area contributed by atoms with Gasteiger partial charge in [-0.2, -0.15) is 0 Å². The molecule has 0 saturated heterocycles. The number of nitrogens with one attached hydrogen (secondary N) is 1. The zero-order valence-electron chi connectivity index (χ0n) is 13.2. The highest BCUT2D eigenvalue weighted by Crippen LogP contribution is 2.33.